The van der Waals surface area contributed by atoms with Crippen LogP contribution in [0, 0.1) is 6.92 Å². The van der Waals surface area contributed by atoms with Gasteiger partial charge in [0, 0.05) is 16.9 Å². The van der Waals surface area contributed by atoms with E-state index in [9.17, 15) is 22.8 Å². The van der Waals surface area contributed by atoms with Crippen LogP contribution in [0.15, 0.2) is 91.0 Å². The normalized spacial score (nSPS) is 11.1. The molecule has 1 aromatic heterocycles. The van der Waals surface area contributed by atoms with E-state index in [-0.39, 0.29) is 17.9 Å². The van der Waals surface area contributed by atoms with Crippen molar-refractivity contribution < 1.29 is 22.8 Å². The highest BCUT2D eigenvalue weighted by molar-refractivity contribution is 6.09. The summed E-state index contributed by atoms with van der Waals surface area (Å²) < 4.78 is 40.0. The summed E-state index contributed by atoms with van der Waals surface area (Å²) in [5.74, 6) is -0.462. The third-order valence-electron chi connectivity index (χ3n) is 5.41. The van der Waals surface area contributed by atoms with E-state index in [1.807, 2.05) is 13.0 Å². The zero-order chi connectivity index (χ0) is 25.7. The summed E-state index contributed by atoms with van der Waals surface area (Å²) in [5.41, 5.74) is 1.88. The van der Waals surface area contributed by atoms with Crippen LogP contribution in [0.3, 0.4) is 0 Å². The highest BCUT2D eigenvalue weighted by Gasteiger charge is 2.32. The first-order valence-electron chi connectivity index (χ1n) is 11.1. The Labute approximate surface area is 206 Å². The molecule has 182 valence electrons. The van der Waals surface area contributed by atoms with Gasteiger partial charge in [0.25, 0.3) is 5.91 Å². The maximum absolute atomic E-state index is 13.3. The minimum atomic E-state index is -4.58. The number of halogens is 3. The molecular formula is C28H22F3N3O2. The van der Waals surface area contributed by atoms with Gasteiger partial charge in [0.1, 0.15) is 5.82 Å². The van der Waals surface area contributed by atoms with Crippen LogP contribution in [0.4, 0.5) is 24.7 Å². The summed E-state index contributed by atoms with van der Waals surface area (Å²) in [6.07, 6.45) is -4.49. The molecular weight excluding hydrogens is 467 g/mol. The van der Waals surface area contributed by atoms with Crippen LogP contribution in [0.1, 0.15) is 27.2 Å². The zero-order valence-corrected chi connectivity index (χ0v) is 19.3. The summed E-state index contributed by atoms with van der Waals surface area (Å²) >= 11 is 0. The first-order valence-corrected chi connectivity index (χ1v) is 11.1. The van der Waals surface area contributed by atoms with Gasteiger partial charge in [-0.2, -0.15) is 13.2 Å². The number of benzene rings is 3. The van der Waals surface area contributed by atoms with Gasteiger partial charge in [0.2, 0.25) is 5.91 Å². The molecule has 0 aliphatic rings. The number of aryl methyl sites for hydroxylation is 1. The number of alkyl halides is 3. The molecule has 0 atom stereocenters. The Bertz CT molecular complexity index is 1390. The molecule has 2 amide bonds. The number of nitrogens with zero attached hydrogens (tertiary/aromatic N) is 1. The Balaban J connectivity index is 1.49. The average Bonchev–Trinajstić information content (AvgIpc) is 2.85. The molecule has 0 unspecified atom stereocenters. The fourth-order valence-electron chi connectivity index (χ4n) is 3.67. The number of amides is 2. The van der Waals surface area contributed by atoms with Gasteiger partial charge in [-0.1, -0.05) is 54.6 Å². The van der Waals surface area contributed by atoms with E-state index >= 15 is 0 Å². The molecule has 0 aliphatic carbocycles. The Morgan fingerprint density at radius 1 is 0.833 bits per heavy atom. The Kier molecular flexibility index (Phi) is 7.15. The molecule has 8 heteroatoms. The van der Waals surface area contributed by atoms with Crippen LogP contribution in [0.25, 0.3) is 11.1 Å². The number of aromatic nitrogens is 1. The maximum Gasteiger partial charge on any atom is 0.416 e. The first kappa shape index (κ1) is 24.7. The van der Waals surface area contributed by atoms with Crippen LogP contribution in [-0.2, 0) is 17.4 Å². The molecule has 0 saturated carbocycles. The highest BCUT2D eigenvalue weighted by Crippen LogP contribution is 2.33. The fourth-order valence-corrected chi connectivity index (χ4v) is 3.67. The van der Waals surface area contributed by atoms with Gasteiger partial charge >= 0.3 is 6.18 Å². The van der Waals surface area contributed by atoms with Crippen molar-refractivity contribution in [1.29, 1.82) is 0 Å². The van der Waals surface area contributed by atoms with Crippen molar-refractivity contribution in [1.82, 2.24) is 4.98 Å². The van der Waals surface area contributed by atoms with Crippen molar-refractivity contribution in [2.75, 3.05) is 10.6 Å². The number of pyridine rings is 1. The lowest BCUT2D eigenvalue weighted by molar-refractivity contribution is -0.137. The summed E-state index contributed by atoms with van der Waals surface area (Å²) in [4.78, 5) is 29.6. The SMILES string of the molecule is Cc1cccc(NC(=O)Cc2ccc(NC(=O)c3cc(C(F)(F)F)ccc3-c3ccccc3)cc2)n1. The smallest absolute Gasteiger partial charge is 0.322 e. The number of carbonyl (C=O) groups excluding carboxylic acids is 2. The van der Waals surface area contributed by atoms with Crippen molar-refractivity contribution in [2.24, 2.45) is 0 Å². The molecule has 0 bridgehead atoms. The predicted octanol–water partition coefficient (Wildman–Crippen LogP) is 6.51. The Morgan fingerprint density at radius 2 is 1.56 bits per heavy atom. The van der Waals surface area contributed by atoms with E-state index in [4.69, 9.17) is 0 Å². The molecule has 36 heavy (non-hydrogen) atoms. The summed E-state index contributed by atoms with van der Waals surface area (Å²) in [6, 6.07) is 23.7. The predicted molar refractivity (Wildman–Crippen MR) is 133 cm³/mol. The van der Waals surface area contributed by atoms with Gasteiger partial charge in [-0.3, -0.25) is 9.59 Å². The largest absolute Gasteiger partial charge is 0.416 e. The summed E-state index contributed by atoms with van der Waals surface area (Å²) in [5, 5.41) is 5.38. The van der Waals surface area contributed by atoms with Crippen LogP contribution in [-0.4, -0.2) is 16.8 Å². The highest BCUT2D eigenvalue weighted by atomic mass is 19.4. The molecule has 1 heterocycles. The zero-order valence-electron chi connectivity index (χ0n) is 19.3. The van der Waals surface area contributed by atoms with Gasteiger partial charge in [-0.25, -0.2) is 4.98 Å². The third kappa shape index (κ3) is 6.15. The summed E-state index contributed by atoms with van der Waals surface area (Å²) in [6.45, 7) is 1.82. The minimum Gasteiger partial charge on any atom is -0.322 e. The number of anilines is 2. The van der Waals surface area contributed by atoms with Crippen molar-refractivity contribution >= 4 is 23.3 Å². The van der Waals surface area contributed by atoms with E-state index in [2.05, 4.69) is 15.6 Å². The number of nitrogens with one attached hydrogen (secondary N) is 2. The lowest BCUT2D eigenvalue weighted by atomic mass is 9.96. The molecule has 0 spiro atoms. The molecule has 5 nitrogen and oxygen atoms in total. The Morgan fingerprint density at radius 3 is 2.22 bits per heavy atom. The van der Waals surface area contributed by atoms with Crippen molar-refractivity contribution in [3.8, 4) is 11.1 Å². The molecule has 0 saturated heterocycles. The number of hydrogen-bond donors (Lipinski definition) is 2. The second-order valence-electron chi connectivity index (χ2n) is 8.16. The number of carbonyl (C=O) groups is 2. The molecule has 3 aromatic carbocycles. The van der Waals surface area contributed by atoms with Crippen LogP contribution >= 0.6 is 0 Å². The molecule has 2 N–H and O–H groups in total. The second-order valence-corrected chi connectivity index (χ2v) is 8.16. The Hall–Kier alpha value is -4.46. The van der Waals surface area contributed by atoms with E-state index in [1.54, 1.807) is 66.7 Å². The molecule has 0 aliphatic heterocycles. The van der Waals surface area contributed by atoms with Crippen LogP contribution < -0.4 is 10.6 Å². The van der Waals surface area contributed by atoms with Crippen molar-refractivity contribution in [3.05, 3.63) is 113 Å². The molecule has 4 rings (SSSR count). The van der Waals surface area contributed by atoms with Crippen LogP contribution in [0.5, 0.6) is 0 Å². The van der Waals surface area contributed by atoms with Gasteiger partial charge in [0.15, 0.2) is 0 Å². The van der Waals surface area contributed by atoms with Gasteiger partial charge in [-0.15, -0.1) is 0 Å². The lowest BCUT2D eigenvalue weighted by Crippen LogP contribution is -2.16. The quantitative estimate of drug-likeness (QED) is 0.324. The number of rotatable bonds is 6. The van der Waals surface area contributed by atoms with Crippen molar-refractivity contribution in [2.45, 2.75) is 19.5 Å². The molecule has 0 fully saturated rings. The van der Waals surface area contributed by atoms with E-state index < -0.39 is 17.6 Å². The summed E-state index contributed by atoms with van der Waals surface area (Å²) in [7, 11) is 0. The van der Waals surface area contributed by atoms with Gasteiger partial charge < -0.3 is 10.6 Å². The van der Waals surface area contributed by atoms with E-state index in [1.165, 1.54) is 6.07 Å². The van der Waals surface area contributed by atoms with Crippen molar-refractivity contribution in [3.63, 3.8) is 0 Å². The molecule has 4 aromatic rings. The minimum absolute atomic E-state index is 0.0925. The lowest BCUT2D eigenvalue weighted by Gasteiger charge is -2.14. The topological polar surface area (TPSA) is 71.1 Å². The van der Waals surface area contributed by atoms with E-state index in [0.29, 0.717) is 28.2 Å². The van der Waals surface area contributed by atoms with Crippen LogP contribution in [0.2, 0.25) is 0 Å². The van der Waals surface area contributed by atoms with E-state index in [0.717, 1.165) is 17.8 Å². The number of hydrogen-bond acceptors (Lipinski definition) is 3. The monoisotopic (exact) mass is 489 g/mol. The third-order valence-corrected chi connectivity index (χ3v) is 5.41. The standard InChI is InChI=1S/C28H22F3N3O2/c1-18-6-5-9-25(32-18)34-26(35)16-19-10-13-22(14-11-19)33-27(36)24-17-21(28(29,30)31)12-15-23(24)20-7-3-2-4-8-20/h2-15,17H,16H2,1H3,(H,33,36)(H,32,34,35). The first-order chi connectivity index (χ1) is 17.2. The fraction of sp³-hybridized carbons (Fsp3) is 0.107. The van der Waals surface area contributed by atoms with Gasteiger partial charge in [-0.05, 0) is 60.0 Å². The second kappa shape index (κ2) is 10.4. The molecule has 0 radical (unpaired) electrons. The van der Waals surface area contributed by atoms with Gasteiger partial charge in [0.05, 0.1) is 12.0 Å². The average molecular weight is 489 g/mol. The maximum atomic E-state index is 13.3.